The number of anilines is 2. The van der Waals surface area contributed by atoms with Gasteiger partial charge in [-0.25, -0.2) is 13.6 Å². The number of amides is 1. The van der Waals surface area contributed by atoms with Crippen molar-refractivity contribution in [1.29, 1.82) is 0 Å². The van der Waals surface area contributed by atoms with E-state index in [-0.39, 0.29) is 37.4 Å². The molecule has 1 unspecified atom stereocenters. The highest BCUT2D eigenvalue weighted by atomic mass is 35.5. The number of aliphatic hydroxyl groups is 1. The summed E-state index contributed by atoms with van der Waals surface area (Å²) in [5.74, 6) is -3.94. The number of ether oxygens (including phenoxy) is 1. The van der Waals surface area contributed by atoms with Gasteiger partial charge >= 0.3 is 18.4 Å². The van der Waals surface area contributed by atoms with Crippen LogP contribution in [0.3, 0.4) is 0 Å². The summed E-state index contributed by atoms with van der Waals surface area (Å²) in [6.07, 6.45) is -13.3. The minimum atomic E-state index is -5.45. The van der Waals surface area contributed by atoms with E-state index in [1.54, 1.807) is 7.05 Å². The van der Waals surface area contributed by atoms with E-state index in [2.05, 4.69) is 5.32 Å². The van der Waals surface area contributed by atoms with Crippen LogP contribution in [0.4, 0.5) is 51.3 Å². The minimum Gasteiger partial charge on any atom is -0.407 e. The number of rotatable bonds is 7. The van der Waals surface area contributed by atoms with Gasteiger partial charge in [-0.15, -0.1) is 0 Å². The van der Waals surface area contributed by atoms with Gasteiger partial charge in [-0.3, -0.25) is 4.90 Å². The van der Waals surface area contributed by atoms with Crippen LogP contribution < -0.4 is 19.9 Å². The van der Waals surface area contributed by atoms with Gasteiger partial charge in [0.05, 0.1) is 23.0 Å². The lowest BCUT2D eigenvalue weighted by Crippen LogP contribution is -2.40. The summed E-state index contributed by atoms with van der Waals surface area (Å²) >= 11 is 10.8. The van der Waals surface area contributed by atoms with E-state index < -0.39 is 69.5 Å². The Labute approximate surface area is 232 Å². The summed E-state index contributed by atoms with van der Waals surface area (Å²) in [5, 5.41) is 11.5. The highest BCUT2D eigenvalue weighted by Gasteiger charge is 2.43. The highest BCUT2D eigenvalue weighted by Crippen LogP contribution is 2.47. The molecule has 1 aliphatic heterocycles. The van der Waals surface area contributed by atoms with Gasteiger partial charge < -0.3 is 25.0 Å². The molecule has 2 N–H and O–H groups in total. The fourth-order valence-corrected chi connectivity index (χ4v) is 4.37. The fourth-order valence-electron chi connectivity index (χ4n) is 3.85. The van der Waals surface area contributed by atoms with Crippen molar-refractivity contribution in [3.05, 3.63) is 52.0 Å². The van der Waals surface area contributed by atoms with Crippen molar-refractivity contribution in [2.75, 3.05) is 50.1 Å². The maximum Gasteiger partial charge on any atom is 0.420 e. The summed E-state index contributed by atoms with van der Waals surface area (Å²) < 4.78 is 116. The maximum absolute atomic E-state index is 14.5. The van der Waals surface area contributed by atoms with E-state index in [9.17, 15) is 45.0 Å². The number of thiocarbonyl (C=S) groups is 1. The third kappa shape index (κ3) is 6.67. The van der Waals surface area contributed by atoms with Gasteiger partial charge in [0.15, 0.2) is 16.7 Å². The number of halogens is 9. The summed E-state index contributed by atoms with van der Waals surface area (Å²) in [7, 11) is 2.43. The van der Waals surface area contributed by atoms with Gasteiger partial charge in [-0.05, 0) is 43.5 Å². The van der Waals surface area contributed by atoms with Crippen LogP contribution in [0.15, 0.2) is 24.3 Å². The van der Waals surface area contributed by atoms with Crippen molar-refractivity contribution >= 4 is 46.4 Å². The number of benzene rings is 2. The van der Waals surface area contributed by atoms with Crippen LogP contribution in [-0.4, -0.2) is 67.6 Å². The van der Waals surface area contributed by atoms with Crippen molar-refractivity contribution in [2.45, 2.75) is 18.5 Å². The first-order valence-electron chi connectivity index (χ1n) is 11.3. The average molecular weight is 621 g/mol. The molecule has 1 fully saturated rings. The van der Waals surface area contributed by atoms with E-state index in [0.717, 1.165) is 18.0 Å². The number of carbonyl (C=O) groups excluding carboxylic acids is 1. The Bertz CT molecular complexity index is 1290. The van der Waals surface area contributed by atoms with E-state index >= 15 is 0 Å². The SMILES string of the molecule is CNCC(O)CN1CCN(c2cc(C(F)(F)F)cc(C(F)(F)F)c2OC(=O)N(C)c2ccc(F)c(Cl)c2F)C1=S. The number of nitrogens with one attached hydrogen (secondary N) is 1. The predicted molar refractivity (Wildman–Crippen MR) is 134 cm³/mol. The van der Waals surface area contributed by atoms with E-state index in [1.165, 1.54) is 4.90 Å². The number of nitrogens with zero attached hydrogens (tertiary/aromatic N) is 3. The molecule has 0 radical (unpaired) electrons. The topological polar surface area (TPSA) is 68.3 Å². The smallest absolute Gasteiger partial charge is 0.407 e. The van der Waals surface area contributed by atoms with Crippen LogP contribution in [0.25, 0.3) is 0 Å². The Kier molecular flexibility index (Phi) is 9.38. The molecule has 1 atom stereocenters. The molecule has 220 valence electrons. The number of carbonyl (C=O) groups is 1. The lowest BCUT2D eigenvalue weighted by atomic mass is 10.1. The molecule has 1 saturated heterocycles. The molecule has 0 aromatic heterocycles. The second-order valence-electron chi connectivity index (χ2n) is 8.58. The van der Waals surface area contributed by atoms with Gasteiger partial charge in [-0.1, -0.05) is 11.6 Å². The molecule has 2 aromatic carbocycles. The lowest BCUT2D eigenvalue weighted by molar-refractivity contribution is -0.143. The molecule has 0 bridgehead atoms. The average Bonchev–Trinajstić information content (AvgIpc) is 3.20. The number of hydrogen-bond donors (Lipinski definition) is 2. The largest absolute Gasteiger partial charge is 0.420 e. The molecule has 0 saturated carbocycles. The molecule has 1 aliphatic rings. The molecule has 0 spiro atoms. The Morgan fingerprint density at radius 2 is 1.82 bits per heavy atom. The highest BCUT2D eigenvalue weighted by molar-refractivity contribution is 7.80. The molecule has 3 rings (SSSR count). The molecular formula is C23H21ClF8N4O3S. The number of β-amino-alcohol motifs (C(OH)–C–C–N with tert-alkyl or cyclic N) is 1. The first kappa shape index (κ1) is 31.6. The normalized spacial score (nSPS) is 15.1. The molecule has 1 heterocycles. The monoisotopic (exact) mass is 620 g/mol. The second-order valence-corrected chi connectivity index (χ2v) is 9.32. The third-order valence-electron chi connectivity index (χ3n) is 5.80. The molecule has 0 aliphatic carbocycles. The van der Waals surface area contributed by atoms with E-state index in [0.29, 0.717) is 17.0 Å². The standard InChI is InChI=1S/C23H21ClF8N4O3S/c1-33-9-12(37)10-35-5-6-36(20(35)40)16-8-11(22(27,28)29)7-13(23(30,31)32)19(16)39-21(38)34(2)15-4-3-14(25)17(24)18(15)26/h3-4,7-8,12,33,37H,5-6,9-10H2,1-2H3. The first-order valence-corrected chi connectivity index (χ1v) is 12.1. The van der Waals surface area contributed by atoms with Crippen molar-refractivity contribution < 1.29 is 49.8 Å². The Balaban J connectivity index is 2.11. The van der Waals surface area contributed by atoms with Crippen LogP contribution in [0.2, 0.25) is 5.02 Å². The van der Waals surface area contributed by atoms with Crippen molar-refractivity contribution in [3.63, 3.8) is 0 Å². The maximum atomic E-state index is 14.5. The summed E-state index contributed by atoms with van der Waals surface area (Å²) in [5.41, 5.74) is -5.17. The molecule has 1 amide bonds. The molecule has 7 nitrogen and oxygen atoms in total. The molecule has 40 heavy (non-hydrogen) atoms. The van der Waals surface area contributed by atoms with Crippen molar-refractivity contribution in [1.82, 2.24) is 10.2 Å². The third-order valence-corrected chi connectivity index (χ3v) is 6.62. The Morgan fingerprint density at radius 1 is 1.18 bits per heavy atom. The second kappa shape index (κ2) is 11.9. The zero-order valence-electron chi connectivity index (χ0n) is 20.6. The summed E-state index contributed by atoms with van der Waals surface area (Å²) in [4.78, 5) is 15.5. The quantitative estimate of drug-likeness (QED) is 0.248. The van der Waals surface area contributed by atoms with Gasteiger partial charge in [-0.2, -0.15) is 26.3 Å². The van der Waals surface area contributed by atoms with Crippen LogP contribution in [-0.2, 0) is 12.4 Å². The van der Waals surface area contributed by atoms with Crippen LogP contribution in [0.1, 0.15) is 11.1 Å². The van der Waals surface area contributed by atoms with E-state index in [4.69, 9.17) is 28.6 Å². The zero-order valence-corrected chi connectivity index (χ0v) is 22.2. The number of alkyl halides is 6. The van der Waals surface area contributed by atoms with Gasteiger partial charge in [0.1, 0.15) is 16.4 Å². The van der Waals surface area contributed by atoms with E-state index in [1.807, 2.05) is 0 Å². The fraction of sp³-hybridized carbons (Fsp3) is 0.391. The molecule has 2 aromatic rings. The molecular weight excluding hydrogens is 600 g/mol. The minimum absolute atomic E-state index is 0.0176. The van der Waals surface area contributed by atoms with Crippen molar-refractivity contribution in [3.8, 4) is 5.75 Å². The Hall–Kier alpha value is -2.95. The Morgan fingerprint density at radius 3 is 2.40 bits per heavy atom. The van der Waals surface area contributed by atoms with Crippen LogP contribution in [0, 0.1) is 11.6 Å². The van der Waals surface area contributed by atoms with Crippen LogP contribution >= 0.6 is 23.8 Å². The first-order chi connectivity index (χ1) is 18.5. The van der Waals surface area contributed by atoms with Gasteiger partial charge in [0, 0.05) is 33.2 Å². The number of hydrogen-bond acceptors (Lipinski definition) is 5. The summed E-state index contributed by atoms with van der Waals surface area (Å²) in [6, 6.07) is 1.57. The van der Waals surface area contributed by atoms with Crippen LogP contribution in [0.5, 0.6) is 5.75 Å². The van der Waals surface area contributed by atoms with Crippen molar-refractivity contribution in [2.24, 2.45) is 0 Å². The number of aliphatic hydroxyl groups excluding tert-OH is 1. The number of likely N-dealkylation sites (N-methyl/N-ethyl adjacent to an activating group) is 1. The van der Waals surface area contributed by atoms with Gasteiger partial charge in [0.2, 0.25) is 0 Å². The zero-order chi connectivity index (χ0) is 30.2. The molecule has 17 heteroatoms. The lowest BCUT2D eigenvalue weighted by Gasteiger charge is -2.28. The van der Waals surface area contributed by atoms with Gasteiger partial charge in [0.25, 0.3) is 0 Å². The summed E-state index contributed by atoms with van der Waals surface area (Å²) in [6.45, 7) is -0.167. The predicted octanol–water partition coefficient (Wildman–Crippen LogP) is 5.28.